The Hall–Kier alpha value is -1.97. The van der Waals surface area contributed by atoms with E-state index in [0.717, 1.165) is 25.7 Å². The zero-order valence-electron chi connectivity index (χ0n) is 13.9. The summed E-state index contributed by atoms with van der Waals surface area (Å²) in [5.41, 5.74) is 0. The van der Waals surface area contributed by atoms with Crippen molar-refractivity contribution in [3.05, 3.63) is 24.8 Å². The summed E-state index contributed by atoms with van der Waals surface area (Å²) in [6, 6.07) is 0. The molecule has 3 heteroatoms. The van der Waals surface area contributed by atoms with Crippen molar-refractivity contribution in [2.75, 3.05) is 0 Å². The van der Waals surface area contributed by atoms with Gasteiger partial charge in [-0.05, 0) is 31.1 Å². The highest BCUT2D eigenvalue weighted by Gasteiger charge is 1.96. The molecule has 0 amide bonds. The van der Waals surface area contributed by atoms with Gasteiger partial charge in [0.2, 0.25) is 0 Å². The molecule has 0 aromatic heterocycles. The van der Waals surface area contributed by atoms with Crippen LogP contribution in [0.2, 0.25) is 0 Å². The molecule has 0 saturated heterocycles. The quantitative estimate of drug-likeness (QED) is 0.324. The Morgan fingerprint density at radius 1 is 1.00 bits per heavy atom. The summed E-state index contributed by atoms with van der Waals surface area (Å²) in [7, 11) is 0. The molecule has 126 valence electrons. The van der Waals surface area contributed by atoms with Gasteiger partial charge in [-0.1, -0.05) is 68.8 Å². The fourth-order valence-corrected chi connectivity index (χ4v) is 1.95. The van der Waals surface area contributed by atoms with Gasteiger partial charge in [-0.25, -0.2) is 0 Å². The highest BCUT2D eigenvalue weighted by molar-refractivity contribution is 5.66. The Labute approximate surface area is 140 Å². The Balaban J connectivity index is 3.38. The maximum Gasteiger partial charge on any atom is 0.303 e. The molecule has 0 aliphatic carbocycles. The van der Waals surface area contributed by atoms with E-state index in [0.29, 0.717) is 12.8 Å². The smallest absolute Gasteiger partial charge is 0.303 e. The fraction of sp³-hybridized carbons (Fsp3) is 0.550. The molecule has 0 fully saturated rings. The van der Waals surface area contributed by atoms with Gasteiger partial charge in [0.1, 0.15) is 6.10 Å². The molecule has 0 rings (SSSR count). The van der Waals surface area contributed by atoms with Crippen molar-refractivity contribution in [2.24, 2.45) is 0 Å². The fourth-order valence-electron chi connectivity index (χ4n) is 1.95. The lowest BCUT2D eigenvalue weighted by Gasteiger charge is -2.00. The zero-order valence-corrected chi connectivity index (χ0v) is 13.9. The topological polar surface area (TPSA) is 57.5 Å². The summed E-state index contributed by atoms with van der Waals surface area (Å²) in [5, 5.41) is 17.6. The van der Waals surface area contributed by atoms with Crippen LogP contribution in [0.15, 0.2) is 24.8 Å². The summed E-state index contributed by atoms with van der Waals surface area (Å²) >= 11 is 0. The third kappa shape index (κ3) is 18.0. The van der Waals surface area contributed by atoms with E-state index in [1.165, 1.54) is 31.8 Å². The molecule has 0 spiro atoms. The molecular weight excluding hydrogens is 288 g/mol. The van der Waals surface area contributed by atoms with Gasteiger partial charge >= 0.3 is 5.97 Å². The average Bonchev–Trinajstić information content (AvgIpc) is 2.53. The first-order valence-corrected chi connectivity index (χ1v) is 8.32. The molecule has 2 N–H and O–H groups in total. The number of aliphatic hydroxyl groups excluding tert-OH is 1. The van der Waals surface area contributed by atoms with Crippen molar-refractivity contribution < 1.29 is 15.0 Å². The van der Waals surface area contributed by atoms with Gasteiger partial charge in [0.25, 0.3) is 0 Å². The summed E-state index contributed by atoms with van der Waals surface area (Å²) in [4.78, 5) is 10.3. The van der Waals surface area contributed by atoms with Crippen LogP contribution in [0.25, 0.3) is 0 Å². The molecule has 0 aromatic carbocycles. The molecule has 0 aromatic rings. The second kappa shape index (κ2) is 16.4. The van der Waals surface area contributed by atoms with Crippen molar-refractivity contribution in [3.63, 3.8) is 0 Å². The molecule has 23 heavy (non-hydrogen) atoms. The molecule has 0 aliphatic heterocycles. The Kier molecular flexibility index (Phi) is 15.0. The molecule has 0 bridgehead atoms. The SMILES string of the molecule is C=CC(O)C#CC#CC/C=C\CCCCCCCCCC(=O)O. The van der Waals surface area contributed by atoms with E-state index >= 15 is 0 Å². The van der Waals surface area contributed by atoms with E-state index in [4.69, 9.17) is 10.2 Å². The highest BCUT2D eigenvalue weighted by Crippen LogP contribution is 2.10. The monoisotopic (exact) mass is 316 g/mol. The normalized spacial score (nSPS) is 11.2. The predicted molar refractivity (Wildman–Crippen MR) is 94.7 cm³/mol. The molecule has 0 saturated carbocycles. The number of hydrogen-bond acceptors (Lipinski definition) is 2. The lowest BCUT2D eigenvalue weighted by Crippen LogP contribution is -1.94. The number of carboxylic acids is 1. The minimum atomic E-state index is -0.794. The van der Waals surface area contributed by atoms with E-state index in [2.05, 4.69) is 36.3 Å². The van der Waals surface area contributed by atoms with Gasteiger partial charge in [0.15, 0.2) is 0 Å². The number of aliphatic hydroxyl groups is 1. The van der Waals surface area contributed by atoms with Gasteiger partial charge < -0.3 is 10.2 Å². The molecule has 1 unspecified atom stereocenters. The number of carbonyl (C=O) groups is 1. The van der Waals surface area contributed by atoms with Crippen LogP contribution in [0.4, 0.5) is 0 Å². The lowest BCUT2D eigenvalue weighted by molar-refractivity contribution is -0.137. The van der Waals surface area contributed by atoms with Crippen LogP contribution < -0.4 is 0 Å². The van der Waals surface area contributed by atoms with Crippen molar-refractivity contribution >= 4 is 5.97 Å². The number of unbranched alkanes of at least 4 members (excludes halogenated alkanes) is 7. The predicted octanol–water partition coefficient (Wildman–Crippen LogP) is 4.08. The van der Waals surface area contributed by atoms with Crippen LogP contribution in [0.3, 0.4) is 0 Å². The van der Waals surface area contributed by atoms with Crippen LogP contribution in [0.5, 0.6) is 0 Å². The largest absolute Gasteiger partial charge is 0.481 e. The van der Waals surface area contributed by atoms with E-state index in [9.17, 15) is 4.79 Å². The van der Waals surface area contributed by atoms with Gasteiger partial charge in [-0.2, -0.15) is 0 Å². The molecule has 0 heterocycles. The maximum absolute atomic E-state index is 10.3. The van der Waals surface area contributed by atoms with Crippen molar-refractivity contribution in [1.82, 2.24) is 0 Å². The van der Waals surface area contributed by atoms with E-state index in [-0.39, 0.29) is 0 Å². The van der Waals surface area contributed by atoms with E-state index in [1.807, 2.05) is 6.08 Å². The number of allylic oxidation sites excluding steroid dienone is 2. The first kappa shape index (κ1) is 21.0. The summed E-state index contributed by atoms with van der Waals surface area (Å²) in [6.07, 6.45) is 14.6. The summed E-state index contributed by atoms with van der Waals surface area (Å²) < 4.78 is 0. The highest BCUT2D eigenvalue weighted by atomic mass is 16.4. The van der Waals surface area contributed by atoms with Crippen LogP contribution in [0.1, 0.15) is 64.2 Å². The van der Waals surface area contributed by atoms with Crippen LogP contribution in [-0.4, -0.2) is 22.3 Å². The Bertz CT molecular complexity index is 469. The lowest BCUT2D eigenvalue weighted by atomic mass is 10.1. The molecule has 1 atom stereocenters. The first-order chi connectivity index (χ1) is 11.2. The molecule has 0 radical (unpaired) electrons. The van der Waals surface area contributed by atoms with Crippen molar-refractivity contribution in [2.45, 2.75) is 70.3 Å². The summed E-state index contributed by atoms with van der Waals surface area (Å²) in [5.74, 6) is 10.0. The van der Waals surface area contributed by atoms with Gasteiger partial charge in [0.05, 0.1) is 0 Å². The average molecular weight is 316 g/mol. The van der Waals surface area contributed by atoms with Crippen molar-refractivity contribution in [3.8, 4) is 23.7 Å². The summed E-state index contributed by atoms with van der Waals surface area (Å²) in [6.45, 7) is 3.42. The van der Waals surface area contributed by atoms with Crippen LogP contribution >= 0.6 is 0 Å². The van der Waals surface area contributed by atoms with Gasteiger partial charge in [-0.3, -0.25) is 4.79 Å². The van der Waals surface area contributed by atoms with Gasteiger partial charge in [0, 0.05) is 12.8 Å². The molecular formula is C20H28O3. The zero-order chi connectivity index (χ0) is 17.2. The standard InChI is InChI=1S/C20H28O3/c1-2-19(21)17-15-13-11-9-7-5-3-4-6-8-10-12-14-16-18-20(22)23/h2,5,7,19,21H,1,3-4,6,8-10,12,14,16,18H2,(H,22,23)/b7-5-. The minimum Gasteiger partial charge on any atom is -0.481 e. The Morgan fingerprint density at radius 2 is 1.65 bits per heavy atom. The molecule has 3 nitrogen and oxygen atoms in total. The van der Waals surface area contributed by atoms with Gasteiger partial charge in [-0.15, -0.1) is 0 Å². The Morgan fingerprint density at radius 3 is 2.30 bits per heavy atom. The molecule has 0 aliphatic rings. The maximum atomic E-state index is 10.3. The third-order valence-electron chi connectivity index (χ3n) is 3.24. The number of aliphatic carboxylic acids is 1. The first-order valence-electron chi connectivity index (χ1n) is 8.32. The van der Waals surface area contributed by atoms with E-state index < -0.39 is 12.1 Å². The number of rotatable bonds is 12. The second-order valence-corrected chi connectivity index (χ2v) is 5.33. The third-order valence-corrected chi connectivity index (χ3v) is 3.24. The van der Waals surface area contributed by atoms with Crippen LogP contribution in [-0.2, 0) is 4.79 Å². The minimum absolute atomic E-state index is 0.300. The second-order valence-electron chi connectivity index (χ2n) is 5.33. The van der Waals surface area contributed by atoms with E-state index in [1.54, 1.807) is 0 Å². The number of hydrogen-bond donors (Lipinski definition) is 2. The number of carboxylic acid groups (broad SMARTS) is 1. The van der Waals surface area contributed by atoms with Crippen LogP contribution in [0, 0.1) is 23.7 Å². The van der Waals surface area contributed by atoms with Crippen molar-refractivity contribution in [1.29, 1.82) is 0 Å².